The van der Waals surface area contributed by atoms with Crippen LogP contribution in [0.2, 0.25) is 0 Å². The fourth-order valence-corrected chi connectivity index (χ4v) is 17.1. The van der Waals surface area contributed by atoms with Gasteiger partial charge in [0.25, 0.3) is 27.8 Å². The molecule has 0 atom stereocenters. The zero-order chi connectivity index (χ0) is 92.5. The lowest BCUT2D eigenvalue weighted by Gasteiger charge is -2.26. The molecule has 0 aliphatic rings. The van der Waals surface area contributed by atoms with E-state index in [0.717, 1.165) is 192 Å². The monoisotopic (exact) mass is 1670 g/mol. The van der Waals surface area contributed by atoms with Crippen molar-refractivity contribution in [3.05, 3.63) is 285 Å². The first-order valence-electron chi connectivity index (χ1n) is 45.4. The van der Waals surface area contributed by atoms with E-state index in [1.54, 1.807) is 0 Å². The molecule has 668 valence electrons. The van der Waals surface area contributed by atoms with E-state index >= 15 is 0 Å². The Balaban J connectivity index is 0.000000238. The Morgan fingerprint density at radius 2 is 0.537 bits per heavy atom. The van der Waals surface area contributed by atoms with Crippen molar-refractivity contribution in [3.8, 4) is 55.6 Å². The van der Waals surface area contributed by atoms with Gasteiger partial charge in [-0.2, -0.15) is 0 Å². The van der Waals surface area contributed by atoms with E-state index < -0.39 is 0 Å². The van der Waals surface area contributed by atoms with Crippen molar-refractivity contribution in [2.75, 3.05) is 0 Å². The lowest BCUT2D eigenvalue weighted by atomic mass is 9.80. The van der Waals surface area contributed by atoms with Crippen LogP contribution in [0.3, 0.4) is 0 Å². The van der Waals surface area contributed by atoms with Crippen molar-refractivity contribution in [3.63, 3.8) is 0 Å². The predicted molar refractivity (Wildman–Crippen MR) is 523 cm³/mol. The molecule has 123 heavy (non-hydrogen) atoms. The van der Waals surface area contributed by atoms with Gasteiger partial charge in [0.05, 0.1) is 19.8 Å². The molecule has 3 N–H and O–H groups in total. The predicted octanol–water partition coefficient (Wildman–Crippen LogP) is 25.2. The van der Waals surface area contributed by atoms with Crippen LogP contribution in [0, 0.1) is 83.1 Å². The van der Waals surface area contributed by atoms with Crippen LogP contribution in [0.1, 0.15) is 314 Å². The number of aryl methyl sites for hydroxylation is 13. The average molecular weight is 1680 g/mol. The highest BCUT2D eigenvalue weighted by Gasteiger charge is 2.26. The van der Waals surface area contributed by atoms with Crippen LogP contribution < -0.4 is 27.8 Å². The Hall–Kier alpha value is -9.27. The molecule has 0 saturated carbocycles. The van der Waals surface area contributed by atoms with Crippen LogP contribution in [-0.2, 0) is 79.6 Å². The number of hydrogen-bond acceptors (Lipinski definition) is 8. The number of aliphatic hydroxyl groups is 3. The highest BCUT2D eigenvalue weighted by Crippen LogP contribution is 2.39. The summed E-state index contributed by atoms with van der Waals surface area (Å²) in [6.07, 6.45) is 20.3. The maximum atomic E-state index is 12.6. The molecule has 5 aromatic heterocycles. The summed E-state index contributed by atoms with van der Waals surface area (Å²) in [5.41, 5.74) is 33.3. The van der Waals surface area contributed by atoms with Crippen molar-refractivity contribution < 1.29 is 15.3 Å². The Bertz CT molecular complexity index is 5620. The van der Waals surface area contributed by atoms with Crippen LogP contribution >= 0.6 is 0 Å². The van der Waals surface area contributed by atoms with E-state index in [9.17, 15) is 39.3 Å². The summed E-state index contributed by atoms with van der Waals surface area (Å²) in [5.74, 6) is 0. The molecule has 0 radical (unpaired) electrons. The molecule has 0 aliphatic carbocycles. The minimum atomic E-state index is -0.0174. The highest BCUT2D eigenvalue weighted by molar-refractivity contribution is 5.74. The summed E-state index contributed by atoms with van der Waals surface area (Å²) in [5, 5.41) is 29.8. The number of pyridine rings is 5. The maximum Gasteiger partial charge on any atom is 0.253 e. The van der Waals surface area contributed by atoms with Gasteiger partial charge in [-0.1, -0.05) is 237 Å². The number of aromatic nitrogens is 5. The number of unbranched alkanes of at least 4 members (excludes halogenated alkanes) is 5. The first-order valence-corrected chi connectivity index (χ1v) is 45.4. The number of rotatable bonds is 23. The van der Waals surface area contributed by atoms with Crippen LogP contribution in [0.15, 0.2) is 146 Å². The summed E-state index contributed by atoms with van der Waals surface area (Å²) >= 11 is 0. The second-order valence-electron chi connectivity index (χ2n) is 39.8. The standard InChI is InChI=1S/C23H33NO2.2C22H31NO2.C22H31NO.C21H29NO/c1-8-9-10-24-13-20(16(3)17(4)22(24)26)19-11-15(2)21(23(5,6)7)12-18(19)14-25;1-7-8-9-23-13-17(10-16(3)21(23)25)19-11-15(2)20(22(4,5)6)12-18(19)14-24;1-7-8-9-23-13-18(11-16(3)21(23)25)17-10-15(2)20(22(4,5)6)19(12-17)14-24;1-8-9-12-23-14-19(16(3)17(4)21(23)24)18-10-11-20(15(2)13-18)22(5,6)7;1-7-8-11-22-14-18(13-16(3)20(22)23)17-9-10-19(15(2)12-17)21(4,5)6/h11-13,25H,8-10,14H2,1-7H3;2*10-13,24H,7-9,14H2,1-6H3;10-11,13-14H,8-9,12H2,1-7H3;9-10,12-14H,7-8,11H2,1-6H3. The topological polar surface area (TPSA) is 171 Å². The zero-order valence-electron chi connectivity index (χ0n) is 81.9. The first kappa shape index (κ1) is 103. The van der Waals surface area contributed by atoms with Gasteiger partial charge in [-0.05, 0) is 294 Å². The van der Waals surface area contributed by atoms with E-state index in [0.29, 0.717) is 0 Å². The third-order valence-corrected chi connectivity index (χ3v) is 24.1. The Morgan fingerprint density at radius 1 is 0.244 bits per heavy atom. The largest absolute Gasteiger partial charge is 0.392 e. The van der Waals surface area contributed by atoms with E-state index in [1.165, 1.54) is 72.3 Å². The lowest BCUT2D eigenvalue weighted by Crippen LogP contribution is -2.23. The fraction of sp³-hybridized carbons (Fsp3) is 0.500. The summed E-state index contributed by atoms with van der Waals surface area (Å²) in [6.45, 7) is 71.8. The van der Waals surface area contributed by atoms with E-state index in [-0.39, 0.29) is 74.7 Å². The van der Waals surface area contributed by atoms with Gasteiger partial charge in [0.2, 0.25) is 0 Å². The summed E-state index contributed by atoms with van der Waals surface area (Å²) in [4.78, 5) is 62.1. The highest BCUT2D eigenvalue weighted by atomic mass is 16.3. The number of aliphatic hydroxyl groups excluding tert-OH is 3. The van der Waals surface area contributed by atoms with Crippen molar-refractivity contribution in [2.24, 2.45) is 0 Å². The lowest BCUT2D eigenvalue weighted by molar-refractivity contribution is 0.278. The molecular formula is C110H155N5O8. The molecule has 0 aliphatic heterocycles. The fourth-order valence-electron chi connectivity index (χ4n) is 17.1. The summed E-state index contributed by atoms with van der Waals surface area (Å²) in [6, 6.07) is 32.0. The normalized spacial score (nSPS) is 11.8. The van der Waals surface area contributed by atoms with Crippen LogP contribution in [0.25, 0.3) is 55.6 Å². The van der Waals surface area contributed by atoms with Gasteiger partial charge >= 0.3 is 0 Å². The van der Waals surface area contributed by atoms with Crippen LogP contribution in [0.4, 0.5) is 0 Å². The van der Waals surface area contributed by atoms with Crippen molar-refractivity contribution >= 4 is 0 Å². The smallest absolute Gasteiger partial charge is 0.253 e. The molecule has 13 heteroatoms. The molecule has 0 unspecified atom stereocenters. The molecule has 10 rings (SSSR count). The minimum absolute atomic E-state index is 0.00811. The molecule has 0 amide bonds. The minimum Gasteiger partial charge on any atom is -0.392 e. The molecular weight excluding hydrogens is 1520 g/mol. The third-order valence-electron chi connectivity index (χ3n) is 24.1. The molecule has 0 saturated heterocycles. The molecule has 0 fully saturated rings. The second kappa shape index (κ2) is 44.1. The van der Waals surface area contributed by atoms with Gasteiger partial charge in [-0.3, -0.25) is 24.0 Å². The number of hydrogen-bond donors (Lipinski definition) is 3. The van der Waals surface area contributed by atoms with Gasteiger partial charge in [0.15, 0.2) is 0 Å². The van der Waals surface area contributed by atoms with Gasteiger partial charge < -0.3 is 38.2 Å². The Labute approximate surface area is 739 Å². The third kappa shape index (κ3) is 26.4. The van der Waals surface area contributed by atoms with Gasteiger partial charge in [0.1, 0.15) is 0 Å². The second-order valence-corrected chi connectivity index (χ2v) is 39.8. The Morgan fingerprint density at radius 3 is 0.894 bits per heavy atom. The van der Waals surface area contributed by atoms with Crippen LogP contribution in [0.5, 0.6) is 0 Å². The zero-order valence-corrected chi connectivity index (χ0v) is 81.9. The van der Waals surface area contributed by atoms with Crippen molar-refractivity contribution in [1.82, 2.24) is 22.8 Å². The number of nitrogens with zero attached hydrogens (tertiary/aromatic N) is 5. The van der Waals surface area contributed by atoms with Crippen molar-refractivity contribution in [2.45, 2.75) is 365 Å². The van der Waals surface area contributed by atoms with Gasteiger partial charge in [0, 0.05) is 103 Å². The van der Waals surface area contributed by atoms with E-state index in [2.05, 4.69) is 253 Å². The average Bonchev–Trinajstić information content (AvgIpc) is 0.777. The van der Waals surface area contributed by atoms with E-state index in [4.69, 9.17) is 0 Å². The molecule has 0 spiro atoms. The SMILES string of the molecule is CCCCn1cc(-c2cc(C)c(C(C)(C)C)c(CO)c2)cc(C)c1=O.CCCCn1cc(-c2cc(C)c(C(C)(C)C)cc2CO)c(C)c(C)c1=O.CCCCn1cc(-c2cc(C)c(C(C)(C)C)cc2CO)cc(C)c1=O.CCCCn1cc(-c2ccc(C(C)(C)C)c(C)c2)c(C)c(C)c1=O.CCCCn1cc(-c2ccc(C(C)(C)C)c(C)c2)cc(C)c1=O. The quantitative estimate of drug-likeness (QED) is 0.0568. The molecule has 10 aromatic rings. The molecule has 13 nitrogen and oxygen atoms in total. The molecule has 5 aromatic carbocycles. The summed E-state index contributed by atoms with van der Waals surface area (Å²) < 4.78 is 9.20. The molecule has 5 heterocycles. The number of benzene rings is 5. The summed E-state index contributed by atoms with van der Waals surface area (Å²) in [7, 11) is 0. The van der Waals surface area contributed by atoms with Crippen LogP contribution in [-0.4, -0.2) is 38.2 Å². The van der Waals surface area contributed by atoms with Crippen molar-refractivity contribution in [1.29, 1.82) is 0 Å². The maximum absolute atomic E-state index is 12.6. The molecule has 0 bridgehead atoms. The Kier molecular flexibility index (Phi) is 36.7. The van der Waals surface area contributed by atoms with Gasteiger partial charge in [-0.25, -0.2) is 0 Å². The van der Waals surface area contributed by atoms with Gasteiger partial charge in [-0.15, -0.1) is 0 Å². The van der Waals surface area contributed by atoms with E-state index in [1.807, 2.05) is 114 Å². The first-order chi connectivity index (χ1) is 57.4.